The second-order valence-electron chi connectivity index (χ2n) is 8.84. The molecule has 4 heteroatoms. The van der Waals surface area contributed by atoms with Crippen molar-refractivity contribution in [3.8, 4) is 5.75 Å². The summed E-state index contributed by atoms with van der Waals surface area (Å²) in [5.41, 5.74) is 2.72. The van der Waals surface area contributed by atoms with Crippen LogP contribution in [0, 0.1) is 5.92 Å². The summed E-state index contributed by atoms with van der Waals surface area (Å²) in [7, 11) is 0. The fourth-order valence-electron chi connectivity index (χ4n) is 4.48. The Morgan fingerprint density at radius 1 is 0.875 bits per heavy atom. The summed E-state index contributed by atoms with van der Waals surface area (Å²) < 4.78 is 6.00. The van der Waals surface area contributed by atoms with Crippen LogP contribution in [0.3, 0.4) is 0 Å². The Labute approximate surface area is 196 Å². The first-order chi connectivity index (χ1) is 15.7. The van der Waals surface area contributed by atoms with E-state index in [1.54, 1.807) is 0 Å². The number of unbranched alkanes of at least 4 members (excludes halogenated alkanes) is 2. The number of nitrogens with zero attached hydrogens (tertiary/aromatic N) is 1. The van der Waals surface area contributed by atoms with Crippen LogP contribution < -0.4 is 4.74 Å². The highest BCUT2D eigenvalue weighted by Crippen LogP contribution is 2.25. The molecular formula is C28H32ClNO2. The van der Waals surface area contributed by atoms with Gasteiger partial charge in [-0.1, -0.05) is 48.5 Å². The molecule has 4 rings (SSSR count). The molecule has 32 heavy (non-hydrogen) atoms. The number of fused-ring (bicyclic) bond motifs is 1. The summed E-state index contributed by atoms with van der Waals surface area (Å²) in [5.74, 6) is 0.980. The normalized spacial score (nSPS) is 15.2. The van der Waals surface area contributed by atoms with Crippen LogP contribution in [0.5, 0.6) is 5.75 Å². The molecule has 0 aliphatic carbocycles. The summed E-state index contributed by atoms with van der Waals surface area (Å²) >= 11 is 5.65. The van der Waals surface area contributed by atoms with Gasteiger partial charge in [-0.15, -0.1) is 0 Å². The number of hydrogen-bond donors (Lipinski definition) is 0. The van der Waals surface area contributed by atoms with Crippen molar-refractivity contribution in [2.24, 2.45) is 5.92 Å². The maximum atomic E-state index is 11.3. The van der Waals surface area contributed by atoms with Gasteiger partial charge in [-0.3, -0.25) is 9.69 Å². The number of hydrogen-bond acceptors (Lipinski definition) is 3. The topological polar surface area (TPSA) is 29.5 Å². The van der Waals surface area contributed by atoms with E-state index in [0.717, 1.165) is 57.7 Å². The van der Waals surface area contributed by atoms with Crippen molar-refractivity contribution in [2.75, 3.05) is 19.7 Å². The maximum Gasteiger partial charge on any atom is 0.224 e. The monoisotopic (exact) mass is 449 g/mol. The first kappa shape index (κ1) is 22.8. The second kappa shape index (κ2) is 11.5. The molecule has 0 unspecified atom stereocenters. The van der Waals surface area contributed by atoms with Gasteiger partial charge in [0.05, 0.1) is 6.61 Å². The molecule has 0 aromatic heterocycles. The molecule has 0 atom stereocenters. The Morgan fingerprint density at radius 2 is 1.62 bits per heavy atom. The molecule has 168 valence electrons. The summed E-state index contributed by atoms with van der Waals surface area (Å²) in [5, 5.41) is 2.27. The molecule has 1 heterocycles. The Morgan fingerprint density at radius 3 is 2.41 bits per heavy atom. The summed E-state index contributed by atoms with van der Waals surface area (Å²) in [6.07, 6.45) is 6.33. The van der Waals surface area contributed by atoms with Crippen LogP contribution in [0.25, 0.3) is 10.8 Å². The number of benzene rings is 3. The van der Waals surface area contributed by atoms with Crippen LogP contribution in [0.15, 0.2) is 66.7 Å². The zero-order valence-corrected chi connectivity index (χ0v) is 19.4. The number of piperidine rings is 1. The molecule has 0 radical (unpaired) electrons. The first-order valence-corrected chi connectivity index (χ1v) is 12.2. The highest BCUT2D eigenvalue weighted by molar-refractivity contribution is 6.63. The van der Waals surface area contributed by atoms with Gasteiger partial charge in [-0.05, 0) is 103 Å². The van der Waals surface area contributed by atoms with E-state index in [4.69, 9.17) is 16.3 Å². The van der Waals surface area contributed by atoms with Crippen molar-refractivity contribution in [3.63, 3.8) is 0 Å². The lowest BCUT2D eigenvalue weighted by molar-refractivity contribution is -0.116. The second-order valence-corrected chi connectivity index (χ2v) is 9.22. The SMILES string of the molecule is O=C(Cl)C1CCN(Cc2ccc3cc(OCCCCCc4ccccc4)ccc3c2)CC1. The molecule has 0 spiro atoms. The zero-order valence-electron chi connectivity index (χ0n) is 18.6. The van der Waals surface area contributed by atoms with Crippen LogP contribution >= 0.6 is 11.6 Å². The van der Waals surface area contributed by atoms with Crippen molar-refractivity contribution < 1.29 is 9.53 Å². The van der Waals surface area contributed by atoms with E-state index in [9.17, 15) is 4.79 Å². The lowest BCUT2D eigenvalue weighted by atomic mass is 9.97. The van der Waals surface area contributed by atoms with Gasteiger partial charge in [0.1, 0.15) is 5.75 Å². The predicted molar refractivity (Wildman–Crippen MR) is 132 cm³/mol. The van der Waals surface area contributed by atoms with Gasteiger partial charge in [0.25, 0.3) is 0 Å². The number of halogens is 1. The van der Waals surface area contributed by atoms with Crippen molar-refractivity contribution in [1.82, 2.24) is 4.90 Å². The van der Waals surface area contributed by atoms with Crippen LogP contribution in [-0.2, 0) is 17.8 Å². The number of aryl methyl sites for hydroxylation is 1. The van der Waals surface area contributed by atoms with Crippen LogP contribution in [0.1, 0.15) is 43.2 Å². The van der Waals surface area contributed by atoms with Gasteiger partial charge in [0.2, 0.25) is 5.24 Å². The highest BCUT2D eigenvalue weighted by Gasteiger charge is 2.23. The Bertz CT molecular complexity index is 1010. The van der Waals surface area contributed by atoms with E-state index in [1.807, 2.05) is 0 Å². The molecule has 0 saturated carbocycles. The smallest absolute Gasteiger partial charge is 0.224 e. The number of ether oxygens (including phenoxy) is 1. The van der Waals surface area contributed by atoms with Crippen LogP contribution in [0.4, 0.5) is 0 Å². The summed E-state index contributed by atoms with van der Waals surface area (Å²) in [6, 6.07) is 23.7. The van der Waals surface area contributed by atoms with E-state index >= 15 is 0 Å². The molecule has 1 fully saturated rings. The predicted octanol–water partition coefficient (Wildman–Crippen LogP) is 6.61. The fraction of sp³-hybridized carbons (Fsp3) is 0.393. The molecule has 0 N–H and O–H groups in total. The van der Waals surface area contributed by atoms with Crippen molar-refractivity contribution >= 4 is 27.6 Å². The molecular weight excluding hydrogens is 418 g/mol. The first-order valence-electron chi connectivity index (χ1n) is 11.8. The van der Waals surface area contributed by atoms with Gasteiger partial charge in [-0.2, -0.15) is 0 Å². The molecule has 1 aliphatic rings. The van der Waals surface area contributed by atoms with Crippen molar-refractivity contribution in [3.05, 3.63) is 77.9 Å². The van der Waals surface area contributed by atoms with Gasteiger partial charge in [0, 0.05) is 12.5 Å². The zero-order chi connectivity index (χ0) is 22.2. The highest BCUT2D eigenvalue weighted by atomic mass is 35.5. The largest absolute Gasteiger partial charge is 0.494 e. The lowest BCUT2D eigenvalue weighted by Crippen LogP contribution is -2.34. The minimum Gasteiger partial charge on any atom is -0.494 e. The van der Waals surface area contributed by atoms with Crippen LogP contribution in [-0.4, -0.2) is 29.8 Å². The number of rotatable bonds is 10. The van der Waals surface area contributed by atoms with Gasteiger partial charge >= 0.3 is 0 Å². The Hall–Kier alpha value is -2.36. The Balaban J connectivity index is 1.22. The fourth-order valence-corrected chi connectivity index (χ4v) is 4.70. The third-order valence-corrected chi connectivity index (χ3v) is 6.72. The Kier molecular flexibility index (Phi) is 8.19. The van der Waals surface area contributed by atoms with Crippen molar-refractivity contribution in [2.45, 2.75) is 45.1 Å². The third kappa shape index (κ3) is 6.57. The van der Waals surface area contributed by atoms with E-state index in [-0.39, 0.29) is 11.2 Å². The summed E-state index contributed by atoms with van der Waals surface area (Å²) in [4.78, 5) is 13.7. The standard InChI is InChI=1S/C28H32ClNO2/c29-28(31)24-14-16-30(17-15-24)21-23-10-11-26-20-27(13-12-25(26)19-23)32-18-6-2-5-9-22-7-3-1-4-8-22/h1,3-4,7-8,10-13,19-20,24H,2,5-6,9,14-18,21H2. The number of carbonyl (C=O) groups is 1. The summed E-state index contributed by atoms with van der Waals surface area (Å²) in [6.45, 7) is 3.54. The average molecular weight is 450 g/mol. The van der Waals surface area contributed by atoms with E-state index in [1.165, 1.54) is 34.7 Å². The molecule has 1 saturated heterocycles. The number of carbonyl (C=O) groups excluding carboxylic acids is 1. The van der Waals surface area contributed by atoms with E-state index in [0.29, 0.717) is 0 Å². The van der Waals surface area contributed by atoms with Crippen LogP contribution in [0.2, 0.25) is 0 Å². The lowest BCUT2D eigenvalue weighted by Gasteiger charge is -2.30. The third-order valence-electron chi connectivity index (χ3n) is 6.41. The molecule has 0 bridgehead atoms. The minimum absolute atomic E-state index is 0.0341. The number of likely N-dealkylation sites (tertiary alicyclic amines) is 1. The van der Waals surface area contributed by atoms with E-state index in [2.05, 4.69) is 71.6 Å². The quantitative estimate of drug-likeness (QED) is 0.257. The van der Waals surface area contributed by atoms with Gasteiger partial charge in [0.15, 0.2) is 0 Å². The maximum absolute atomic E-state index is 11.3. The molecule has 0 amide bonds. The molecule has 3 aromatic rings. The van der Waals surface area contributed by atoms with Crippen molar-refractivity contribution in [1.29, 1.82) is 0 Å². The van der Waals surface area contributed by atoms with Gasteiger partial charge < -0.3 is 4.74 Å². The van der Waals surface area contributed by atoms with Gasteiger partial charge in [-0.25, -0.2) is 0 Å². The van der Waals surface area contributed by atoms with E-state index < -0.39 is 0 Å². The minimum atomic E-state index is -0.180. The molecule has 3 nitrogen and oxygen atoms in total. The molecule has 3 aromatic carbocycles. The molecule has 1 aliphatic heterocycles. The average Bonchev–Trinajstić information content (AvgIpc) is 2.82.